The number of amides is 1. The fourth-order valence-electron chi connectivity index (χ4n) is 1.79. The number of aliphatic hydroxyl groups excluding tert-OH is 1. The average molecular weight is 291 g/mol. The lowest BCUT2D eigenvalue weighted by molar-refractivity contribution is 0.0296. The Hall–Kier alpha value is -1.69. The highest BCUT2D eigenvalue weighted by atomic mass is 32.1. The van der Waals surface area contributed by atoms with Crippen molar-refractivity contribution >= 4 is 17.2 Å². The van der Waals surface area contributed by atoms with E-state index in [2.05, 4.69) is 5.32 Å². The van der Waals surface area contributed by atoms with Crippen LogP contribution in [0.2, 0.25) is 0 Å². The number of ether oxygens (including phenoxy) is 1. The average Bonchev–Trinajstić information content (AvgIpc) is 3.02. The normalized spacial score (nSPS) is 12.1. The second kappa shape index (κ2) is 7.79. The molecule has 0 fully saturated rings. The SMILES string of the molecule is O=C(NCC(OCCO)c1cccs1)c1ccccc1. The molecule has 0 aliphatic carbocycles. The number of hydrogen-bond acceptors (Lipinski definition) is 4. The Morgan fingerprint density at radius 2 is 2.05 bits per heavy atom. The summed E-state index contributed by atoms with van der Waals surface area (Å²) in [5.41, 5.74) is 0.625. The largest absolute Gasteiger partial charge is 0.394 e. The van der Waals surface area contributed by atoms with E-state index in [0.717, 1.165) is 4.88 Å². The van der Waals surface area contributed by atoms with Crippen LogP contribution in [0.4, 0.5) is 0 Å². The zero-order valence-electron chi connectivity index (χ0n) is 11.0. The lowest BCUT2D eigenvalue weighted by Gasteiger charge is -2.16. The van der Waals surface area contributed by atoms with Crippen LogP contribution in [0, 0.1) is 0 Å². The number of carbonyl (C=O) groups is 1. The minimum Gasteiger partial charge on any atom is -0.394 e. The molecule has 0 saturated heterocycles. The summed E-state index contributed by atoms with van der Waals surface area (Å²) in [5, 5.41) is 13.7. The van der Waals surface area contributed by atoms with Crippen molar-refractivity contribution in [3.63, 3.8) is 0 Å². The molecule has 2 aromatic rings. The number of aliphatic hydroxyl groups is 1. The summed E-state index contributed by atoms with van der Waals surface area (Å²) >= 11 is 1.57. The summed E-state index contributed by atoms with van der Waals surface area (Å²) in [5.74, 6) is -0.125. The Bertz CT molecular complexity index is 513. The highest BCUT2D eigenvalue weighted by molar-refractivity contribution is 7.10. The smallest absolute Gasteiger partial charge is 0.251 e. The van der Waals surface area contributed by atoms with Gasteiger partial charge in [-0.1, -0.05) is 24.3 Å². The maximum Gasteiger partial charge on any atom is 0.251 e. The Labute approximate surface area is 122 Å². The number of carbonyl (C=O) groups excluding carboxylic acids is 1. The number of thiophene rings is 1. The van der Waals surface area contributed by atoms with Crippen molar-refractivity contribution in [2.24, 2.45) is 0 Å². The third-order valence-electron chi connectivity index (χ3n) is 2.75. The highest BCUT2D eigenvalue weighted by Gasteiger charge is 2.15. The molecule has 1 heterocycles. The van der Waals surface area contributed by atoms with Crippen molar-refractivity contribution in [3.8, 4) is 0 Å². The summed E-state index contributed by atoms with van der Waals surface area (Å²) in [6.45, 7) is 0.604. The fraction of sp³-hybridized carbons (Fsp3) is 0.267. The Morgan fingerprint density at radius 1 is 1.25 bits per heavy atom. The summed E-state index contributed by atoms with van der Waals surface area (Å²) in [7, 11) is 0. The molecule has 0 bridgehead atoms. The van der Waals surface area contributed by atoms with Crippen molar-refractivity contribution in [2.75, 3.05) is 19.8 Å². The lowest BCUT2D eigenvalue weighted by Crippen LogP contribution is -2.29. The highest BCUT2D eigenvalue weighted by Crippen LogP contribution is 2.21. The van der Waals surface area contributed by atoms with Crippen LogP contribution in [0.15, 0.2) is 47.8 Å². The van der Waals surface area contributed by atoms with Gasteiger partial charge in [-0.05, 0) is 23.6 Å². The van der Waals surface area contributed by atoms with Gasteiger partial charge in [-0.25, -0.2) is 0 Å². The van der Waals surface area contributed by atoms with E-state index >= 15 is 0 Å². The van der Waals surface area contributed by atoms with Gasteiger partial charge in [0.25, 0.3) is 5.91 Å². The third kappa shape index (κ3) is 4.16. The van der Waals surface area contributed by atoms with Crippen LogP contribution in [0.25, 0.3) is 0 Å². The molecule has 0 aliphatic rings. The van der Waals surface area contributed by atoms with E-state index in [0.29, 0.717) is 12.1 Å². The fourth-order valence-corrected chi connectivity index (χ4v) is 2.56. The third-order valence-corrected chi connectivity index (χ3v) is 3.72. The van der Waals surface area contributed by atoms with Crippen LogP contribution in [0.1, 0.15) is 21.3 Å². The number of hydrogen-bond donors (Lipinski definition) is 2. The molecule has 106 valence electrons. The quantitative estimate of drug-likeness (QED) is 0.822. The van der Waals surface area contributed by atoms with Crippen LogP contribution in [-0.4, -0.2) is 30.8 Å². The van der Waals surface area contributed by atoms with Crippen molar-refractivity contribution in [2.45, 2.75) is 6.10 Å². The summed E-state index contributed by atoms with van der Waals surface area (Å²) in [6, 6.07) is 13.0. The summed E-state index contributed by atoms with van der Waals surface area (Å²) in [6.07, 6.45) is -0.227. The zero-order valence-corrected chi connectivity index (χ0v) is 11.8. The molecular formula is C15H17NO3S. The first-order valence-corrected chi connectivity index (χ1v) is 7.28. The molecule has 2 N–H and O–H groups in total. The molecule has 0 saturated carbocycles. The van der Waals surface area contributed by atoms with Crippen LogP contribution < -0.4 is 5.32 Å². The van der Waals surface area contributed by atoms with E-state index < -0.39 is 0 Å². The van der Waals surface area contributed by atoms with E-state index in [1.54, 1.807) is 23.5 Å². The molecule has 1 unspecified atom stereocenters. The molecule has 1 aromatic heterocycles. The second-order valence-electron chi connectivity index (χ2n) is 4.17. The predicted molar refractivity (Wildman–Crippen MR) is 78.9 cm³/mol. The Morgan fingerprint density at radius 3 is 2.70 bits per heavy atom. The van der Waals surface area contributed by atoms with Crippen LogP contribution in [-0.2, 0) is 4.74 Å². The minimum atomic E-state index is -0.227. The maximum atomic E-state index is 12.0. The maximum absolute atomic E-state index is 12.0. The molecule has 4 nitrogen and oxygen atoms in total. The van der Waals surface area contributed by atoms with E-state index in [1.165, 1.54) is 0 Å². The topological polar surface area (TPSA) is 58.6 Å². The van der Waals surface area contributed by atoms with E-state index in [1.807, 2.05) is 35.7 Å². The number of nitrogens with one attached hydrogen (secondary N) is 1. The Balaban J connectivity index is 1.93. The summed E-state index contributed by atoms with van der Waals surface area (Å²) < 4.78 is 5.57. The van der Waals surface area contributed by atoms with Crippen molar-refractivity contribution in [1.82, 2.24) is 5.32 Å². The monoisotopic (exact) mass is 291 g/mol. The predicted octanol–water partition coefficient (Wildman–Crippen LogP) is 2.23. The van der Waals surface area contributed by atoms with Gasteiger partial charge in [-0.3, -0.25) is 4.79 Å². The van der Waals surface area contributed by atoms with Gasteiger partial charge < -0.3 is 15.2 Å². The van der Waals surface area contributed by atoms with Gasteiger partial charge in [0.05, 0.1) is 13.2 Å². The second-order valence-corrected chi connectivity index (χ2v) is 5.15. The molecule has 0 spiro atoms. The van der Waals surface area contributed by atoms with Gasteiger partial charge in [0, 0.05) is 17.0 Å². The molecule has 1 aromatic carbocycles. The van der Waals surface area contributed by atoms with Gasteiger partial charge in [-0.2, -0.15) is 0 Å². The molecular weight excluding hydrogens is 274 g/mol. The van der Waals surface area contributed by atoms with Gasteiger partial charge in [0.2, 0.25) is 0 Å². The number of benzene rings is 1. The molecule has 1 amide bonds. The standard InChI is InChI=1S/C15H17NO3S/c17-8-9-19-13(14-7-4-10-20-14)11-16-15(18)12-5-2-1-3-6-12/h1-7,10,13,17H,8-9,11H2,(H,16,18). The molecule has 0 aliphatic heterocycles. The first-order chi connectivity index (χ1) is 9.81. The van der Waals surface area contributed by atoms with Gasteiger partial charge >= 0.3 is 0 Å². The van der Waals surface area contributed by atoms with Crippen LogP contribution in [0.5, 0.6) is 0 Å². The molecule has 5 heteroatoms. The van der Waals surface area contributed by atoms with E-state index in [4.69, 9.17) is 9.84 Å². The van der Waals surface area contributed by atoms with Crippen LogP contribution in [0.3, 0.4) is 0 Å². The molecule has 1 atom stereocenters. The summed E-state index contributed by atoms with van der Waals surface area (Å²) in [4.78, 5) is 13.0. The van der Waals surface area contributed by atoms with E-state index in [-0.39, 0.29) is 25.2 Å². The molecule has 0 radical (unpaired) electrons. The van der Waals surface area contributed by atoms with Gasteiger partial charge in [0.15, 0.2) is 0 Å². The van der Waals surface area contributed by atoms with Crippen molar-refractivity contribution in [1.29, 1.82) is 0 Å². The minimum absolute atomic E-state index is 0.0332. The molecule has 20 heavy (non-hydrogen) atoms. The lowest BCUT2D eigenvalue weighted by atomic mass is 10.2. The van der Waals surface area contributed by atoms with E-state index in [9.17, 15) is 4.79 Å². The number of rotatable bonds is 7. The Kier molecular flexibility index (Phi) is 5.73. The van der Waals surface area contributed by atoms with Gasteiger partial charge in [0.1, 0.15) is 6.10 Å². The van der Waals surface area contributed by atoms with Crippen molar-refractivity contribution < 1.29 is 14.6 Å². The van der Waals surface area contributed by atoms with Crippen LogP contribution >= 0.6 is 11.3 Å². The first-order valence-electron chi connectivity index (χ1n) is 6.40. The zero-order chi connectivity index (χ0) is 14.2. The molecule has 2 rings (SSSR count). The van der Waals surface area contributed by atoms with Crippen molar-refractivity contribution in [3.05, 3.63) is 58.3 Å². The first kappa shape index (κ1) is 14.7. The van der Waals surface area contributed by atoms with Gasteiger partial charge in [-0.15, -0.1) is 11.3 Å².